The van der Waals surface area contributed by atoms with Crippen LogP contribution in [0.5, 0.6) is 0 Å². The molecule has 1 aliphatic rings. The molecule has 0 spiro atoms. The van der Waals surface area contributed by atoms with Crippen molar-refractivity contribution in [1.29, 1.82) is 0 Å². The Kier molecular flexibility index (Phi) is 4.49. The highest BCUT2D eigenvalue weighted by molar-refractivity contribution is 5.69. The number of ether oxygens (including phenoxy) is 2. The first kappa shape index (κ1) is 14.0. The molecule has 1 aromatic rings. The van der Waals surface area contributed by atoms with Crippen molar-refractivity contribution in [2.45, 2.75) is 32.4 Å². The van der Waals surface area contributed by atoms with E-state index in [-0.39, 0.29) is 24.5 Å². The number of aryl methyl sites for hydroxylation is 1. The molecule has 0 radical (unpaired) electrons. The Morgan fingerprint density at radius 2 is 2.47 bits per heavy atom. The van der Waals surface area contributed by atoms with Crippen LogP contribution in [0.3, 0.4) is 0 Å². The smallest absolute Gasteiger partial charge is 0.308 e. The number of aromatic amines is 1. The van der Waals surface area contributed by atoms with Crippen LogP contribution in [0, 0.1) is 6.92 Å². The first-order chi connectivity index (χ1) is 9.10. The van der Waals surface area contributed by atoms with Gasteiger partial charge in [0, 0.05) is 13.1 Å². The lowest BCUT2D eigenvalue weighted by atomic mass is 10.1. The van der Waals surface area contributed by atoms with Gasteiger partial charge in [-0.15, -0.1) is 0 Å². The number of H-pyrrole nitrogens is 1. The summed E-state index contributed by atoms with van der Waals surface area (Å²) in [5, 5.41) is 7.03. The van der Waals surface area contributed by atoms with Gasteiger partial charge in [-0.2, -0.15) is 5.10 Å². The van der Waals surface area contributed by atoms with E-state index in [1.54, 1.807) is 0 Å². The molecule has 0 bridgehead atoms. The average Bonchev–Trinajstić information content (AvgIpc) is 2.84. The van der Waals surface area contributed by atoms with E-state index in [0.717, 1.165) is 18.2 Å². The molecular formula is C12H20N4O3. The average molecular weight is 268 g/mol. The third-order valence-electron chi connectivity index (χ3n) is 3.33. The van der Waals surface area contributed by atoms with Crippen LogP contribution in [0.25, 0.3) is 0 Å². The quantitative estimate of drug-likeness (QED) is 0.798. The zero-order valence-corrected chi connectivity index (χ0v) is 11.5. The predicted molar refractivity (Wildman–Crippen MR) is 67.5 cm³/mol. The number of nitrogens with one attached hydrogen (secondary N) is 1. The van der Waals surface area contributed by atoms with Crippen molar-refractivity contribution < 1.29 is 14.3 Å². The van der Waals surface area contributed by atoms with Crippen LogP contribution in [-0.2, 0) is 14.3 Å². The summed E-state index contributed by atoms with van der Waals surface area (Å²) in [6, 6.07) is 0.106. The maximum atomic E-state index is 11.3. The fourth-order valence-corrected chi connectivity index (χ4v) is 2.20. The van der Waals surface area contributed by atoms with Gasteiger partial charge in [-0.25, -0.2) is 4.98 Å². The van der Waals surface area contributed by atoms with Crippen LogP contribution < -0.4 is 0 Å². The first-order valence-corrected chi connectivity index (χ1v) is 6.41. The molecule has 1 fully saturated rings. The van der Waals surface area contributed by atoms with E-state index >= 15 is 0 Å². The number of aromatic nitrogens is 3. The minimum absolute atomic E-state index is 0.106. The maximum Gasteiger partial charge on any atom is 0.308 e. The summed E-state index contributed by atoms with van der Waals surface area (Å²) in [4.78, 5) is 17.8. The number of rotatable bonds is 4. The number of hydrogen-bond donors (Lipinski definition) is 1. The van der Waals surface area contributed by atoms with Crippen LogP contribution in [0.4, 0.5) is 0 Å². The Labute approximate surface area is 112 Å². The molecule has 2 heterocycles. The van der Waals surface area contributed by atoms with E-state index in [1.807, 2.05) is 6.92 Å². The van der Waals surface area contributed by atoms with Gasteiger partial charge >= 0.3 is 5.97 Å². The Hall–Kier alpha value is -1.47. The second kappa shape index (κ2) is 6.12. The van der Waals surface area contributed by atoms with Crippen molar-refractivity contribution in [3.8, 4) is 0 Å². The van der Waals surface area contributed by atoms with E-state index in [9.17, 15) is 4.79 Å². The van der Waals surface area contributed by atoms with Crippen LogP contribution >= 0.6 is 0 Å². The minimum Gasteiger partial charge on any atom is -0.469 e. The van der Waals surface area contributed by atoms with Gasteiger partial charge in [-0.1, -0.05) is 0 Å². The van der Waals surface area contributed by atoms with E-state index in [4.69, 9.17) is 4.74 Å². The number of hydrogen-bond acceptors (Lipinski definition) is 6. The first-order valence-electron chi connectivity index (χ1n) is 6.41. The topological polar surface area (TPSA) is 80.3 Å². The molecule has 1 aliphatic heterocycles. The van der Waals surface area contributed by atoms with Gasteiger partial charge in [0.05, 0.1) is 32.3 Å². The lowest BCUT2D eigenvalue weighted by molar-refractivity contribution is -0.146. The molecule has 0 amide bonds. The van der Waals surface area contributed by atoms with Gasteiger partial charge in [-0.05, 0) is 13.8 Å². The summed E-state index contributed by atoms with van der Waals surface area (Å²) in [5.41, 5.74) is 0. The van der Waals surface area contributed by atoms with E-state index in [0.29, 0.717) is 13.2 Å². The highest BCUT2D eigenvalue weighted by atomic mass is 16.5. The maximum absolute atomic E-state index is 11.3. The predicted octanol–water partition coefficient (Wildman–Crippen LogP) is 0.438. The molecule has 0 unspecified atom stereocenters. The number of nitrogens with zero attached hydrogens (tertiary/aromatic N) is 3. The molecular weight excluding hydrogens is 248 g/mol. The molecule has 7 nitrogen and oxygen atoms in total. The number of esters is 1. The zero-order chi connectivity index (χ0) is 13.8. The molecule has 2 atom stereocenters. The lowest BCUT2D eigenvalue weighted by Gasteiger charge is -2.35. The van der Waals surface area contributed by atoms with Gasteiger partial charge in [0.15, 0.2) is 5.82 Å². The summed E-state index contributed by atoms with van der Waals surface area (Å²) in [7, 11) is 1.39. The molecule has 0 saturated carbocycles. The fourth-order valence-electron chi connectivity index (χ4n) is 2.20. The Morgan fingerprint density at radius 1 is 1.68 bits per heavy atom. The van der Waals surface area contributed by atoms with Gasteiger partial charge in [0.25, 0.3) is 0 Å². The highest BCUT2D eigenvalue weighted by Gasteiger charge is 2.28. The third kappa shape index (κ3) is 3.51. The number of morpholine rings is 1. The second-order valence-electron chi connectivity index (χ2n) is 4.72. The zero-order valence-electron chi connectivity index (χ0n) is 11.5. The molecule has 2 rings (SSSR count). The minimum atomic E-state index is -0.242. The van der Waals surface area contributed by atoms with E-state index in [1.165, 1.54) is 7.11 Å². The molecule has 1 aromatic heterocycles. The standard InChI is InChI=1S/C12H20N4O3/c1-8(12-13-9(2)14-15-12)16-4-5-19-10(7-16)6-11(17)18-3/h8,10H,4-7H2,1-3H3,(H,13,14,15)/t8-,10-/m1/s1. The number of carbonyl (C=O) groups excluding carboxylic acids is 1. The largest absolute Gasteiger partial charge is 0.469 e. The third-order valence-corrected chi connectivity index (χ3v) is 3.33. The molecule has 106 valence electrons. The molecule has 7 heteroatoms. The van der Waals surface area contributed by atoms with Gasteiger partial charge in [0.1, 0.15) is 5.82 Å². The molecule has 1 saturated heterocycles. The van der Waals surface area contributed by atoms with Crippen molar-refractivity contribution in [1.82, 2.24) is 20.1 Å². The molecule has 19 heavy (non-hydrogen) atoms. The van der Waals surface area contributed by atoms with Crippen molar-refractivity contribution >= 4 is 5.97 Å². The van der Waals surface area contributed by atoms with Crippen molar-refractivity contribution in [3.63, 3.8) is 0 Å². The van der Waals surface area contributed by atoms with Crippen LogP contribution in [0.15, 0.2) is 0 Å². The van der Waals surface area contributed by atoms with Crippen molar-refractivity contribution in [2.24, 2.45) is 0 Å². The van der Waals surface area contributed by atoms with Gasteiger partial charge in [-0.3, -0.25) is 14.8 Å². The van der Waals surface area contributed by atoms with Gasteiger partial charge < -0.3 is 9.47 Å². The normalized spacial score (nSPS) is 22.2. The van der Waals surface area contributed by atoms with Crippen molar-refractivity contribution in [2.75, 3.05) is 26.8 Å². The summed E-state index contributed by atoms with van der Waals surface area (Å²) in [6.45, 7) is 6.04. The number of carbonyl (C=O) groups is 1. The van der Waals surface area contributed by atoms with Crippen molar-refractivity contribution in [3.05, 3.63) is 11.6 Å². The summed E-state index contributed by atoms with van der Waals surface area (Å²) >= 11 is 0. The van der Waals surface area contributed by atoms with E-state index < -0.39 is 0 Å². The summed E-state index contributed by atoms with van der Waals surface area (Å²) < 4.78 is 10.3. The van der Waals surface area contributed by atoms with Gasteiger partial charge in [0.2, 0.25) is 0 Å². The lowest BCUT2D eigenvalue weighted by Crippen LogP contribution is -2.44. The second-order valence-corrected chi connectivity index (χ2v) is 4.72. The van der Waals surface area contributed by atoms with Crippen LogP contribution in [-0.4, -0.2) is 59.0 Å². The monoisotopic (exact) mass is 268 g/mol. The summed E-state index contributed by atoms with van der Waals surface area (Å²) in [6.07, 6.45) is 0.163. The summed E-state index contributed by atoms with van der Waals surface area (Å²) in [5.74, 6) is 1.34. The van der Waals surface area contributed by atoms with Crippen LogP contribution in [0.1, 0.15) is 31.0 Å². The van der Waals surface area contributed by atoms with Crippen LogP contribution in [0.2, 0.25) is 0 Å². The molecule has 0 aliphatic carbocycles. The Morgan fingerprint density at radius 3 is 3.11 bits per heavy atom. The molecule has 1 N–H and O–H groups in total. The number of methoxy groups -OCH3 is 1. The SMILES string of the molecule is COC(=O)C[C@@H]1CN([C@H](C)c2n[nH]c(C)n2)CCO1. The van der Waals surface area contributed by atoms with E-state index in [2.05, 4.69) is 31.7 Å². The fraction of sp³-hybridized carbons (Fsp3) is 0.750. The molecule has 0 aromatic carbocycles. The Balaban J connectivity index is 1.95. The highest BCUT2D eigenvalue weighted by Crippen LogP contribution is 2.20. The Bertz CT molecular complexity index is 434.